The molecule has 51 heavy (non-hydrogen) atoms. The summed E-state index contributed by atoms with van der Waals surface area (Å²) in [6.45, 7) is 3.59. The first-order valence-electron chi connectivity index (χ1n) is 17.0. The van der Waals surface area contributed by atoms with Gasteiger partial charge in [0.1, 0.15) is 30.4 Å². The van der Waals surface area contributed by atoms with Gasteiger partial charge in [0.15, 0.2) is 6.20 Å². The molecule has 0 bridgehead atoms. The smallest absolute Gasteiger partial charge is 0.307 e. The van der Waals surface area contributed by atoms with Crippen LogP contribution < -0.4 is 25.8 Å². The first-order chi connectivity index (χ1) is 24.4. The van der Waals surface area contributed by atoms with E-state index in [1.54, 1.807) is 30.8 Å². The highest BCUT2D eigenvalue weighted by Gasteiger charge is 2.37. The van der Waals surface area contributed by atoms with Gasteiger partial charge in [-0.2, -0.15) is 0 Å². The molecule has 1 aliphatic rings. The zero-order valence-corrected chi connectivity index (χ0v) is 28.8. The average molecular weight is 703 g/mol. The van der Waals surface area contributed by atoms with Crippen molar-refractivity contribution in [3.05, 3.63) is 66.7 Å². The fourth-order valence-electron chi connectivity index (χ4n) is 6.50. The Hall–Kier alpha value is -5.80. The molecule has 16 nitrogen and oxygen atoms in total. The van der Waals surface area contributed by atoms with Crippen molar-refractivity contribution in [1.29, 1.82) is 0 Å². The van der Waals surface area contributed by atoms with Crippen molar-refractivity contribution in [2.24, 2.45) is 5.92 Å². The van der Waals surface area contributed by atoms with Gasteiger partial charge >= 0.3 is 11.6 Å². The van der Waals surface area contributed by atoms with Crippen molar-refractivity contribution < 1.29 is 38.4 Å². The van der Waals surface area contributed by atoms with Crippen molar-refractivity contribution in [3.8, 4) is 0 Å². The summed E-state index contributed by atoms with van der Waals surface area (Å²) in [6, 6.07) is 6.33. The molecule has 0 aliphatic carbocycles. The Morgan fingerprint density at radius 2 is 1.73 bits per heavy atom. The molecule has 0 spiro atoms. The number of nitrogens with one attached hydrogen (secondary N) is 5. The predicted octanol–water partition coefficient (Wildman–Crippen LogP) is 0.0580. The largest absolute Gasteiger partial charge is 0.481 e. The second-order valence-corrected chi connectivity index (χ2v) is 13.1. The number of nitrogens with zero attached hydrogens (tertiary/aromatic N) is 4. The number of aryl methyl sites for hydroxylation is 1. The summed E-state index contributed by atoms with van der Waals surface area (Å²) in [5.41, 5.74) is 2.42. The number of amides is 5. The maximum atomic E-state index is 14.2. The molecule has 2 unspecified atom stereocenters. The number of imidazole rings is 1. The number of fused-ring (bicyclic) bond motifs is 2. The van der Waals surface area contributed by atoms with Gasteiger partial charge in [0.2, 0.25) is 29.5 Å². The van der Waals surface area contributed by atoms with Crippen molar-refractivity contribution in [3.63, 3.8) is 0 Å². The van der Waals surface area contributed by atoms with Crippen molar-refractivity contribution in [2.45, 2.75) is 76.7 Å². The predicted molar refractivity (Wildman–Crippen MR) is 184 cm³/mol. The molecule has 5 amide bonds. The summed E-state index contributed by atoms with van der Waals surface area (Å²) in [7, 11) is 1.46. The quantitative estimate of drug-likeness (QED) is 0.0980. The standard InChI is InChI=1S/C35H43N9O7/c1-21(2)31-34(50)40-25(11-6-7-14-43-15-16-44-29(43)12-8-13-38-44)32(48)37-20-28(45)39-26(18-30(46)47)33(49)41-27(35(51)42(31)3)17-22-19-36-24-10-5-4-9-23(22)24/h4-5,8-10,12-13,15-16,19,21,25-27,31,36H,6-7,11,14,17-18,20H2,1-3H3,(H4-,37,39,40,41,45,46,47,48,49,50)/p+1/t25-,26?,27?,31-/m0/s1. The topological polar surface area (TPSA) is 212 Å². The number of aromatic amines is 1. The highest BCUT2D eigenvalue weighted by molar-refractivity contribution is 5.98. The molecule has 1 aromatic carbocycles. The number of carbonyl (C=O) groups excluding carboxylic acids is 5. The van der Waals surface area contributed by atoms with Gasteiger partial charge < -0.3 is 36.3 Å². The molecule has 1 saturated heterocycles. The summed E-state index contributed by atoms with van der Waals surface area (Å²) in [4.78, 5) is 84.2. The van der Waals surface area contributed by atoms with Gasteiger partial charge in [0, 0.05) is 36.6 Å². The number of H-pyrrole nitrogens is 1. The SMILES string of the molecule is CC(C)[C@H]1C(=O)N[C@@H](CCCCn2cc[n+]3ncccc23)C(=O)NCC(=O)NC(CC(=O)O)C(=O)NC(Cc2c[nH]c3ccccc23)C(=O)N1C. The van der Waals surface area contributed by atoms with Crippen LogP contribution in [0.3, 0.4) is 0 Å². The van der Waals surface area contributed by atoms with Gasteiger partial charge in [-0.1, -0.05) is 37.1 Å². The molecule has 270 valence electrons. The average Bonchev–Trinajstić information content (AvgIpc) is 3.70. The molecular weight excluding hydrogens is 658 g/mol. The first-order valence-corrected chi connectivity index (χ1v) is 17.0. The summed E-state index contributed by atoms with van der Waals surface area (Å²) >= 11 is 0. The summed E-state index contributed by atoms with van der Waals surface area (Å²) in [5, 5.41) is 25.0. The third-order valence-corrected chi connectivity index (χ3v) is 9.05. The lowest BCUT2D eigenvalue weighted by Crippen LogP contribution is -2.59. The van der Waals surface area contributed by atoms with E-state index >= 15 is 0 Å². The van der Waals surface area contributed by atoms with Crippen molar-refractivity contribution in [2.75, 3.05) is 13.6 Å². The molecule has 4 aromatic rings. The number of rotatable bonds is 10. The maximum Gasteiger partial charge on any atom is 0.307 e. The van der Waals surface area contributed by atoms with Gasteiger partial charge in [-0.05, 0) is 42.9 Å². The lowest BCUT2D eigenvalue weighted by molar-refractivity contribution is -0.579. The Bertz CT molecular complexity index is 1920. The second-order valence-electron chi connectivity index (χ2n) is 13.1. The van der Waals surface area contributed by atoms with Crippen LogP contribution >= 0.6 is 0 Å². The molecule has 0 saturated carbocycles. The zero-order chi connectivity index (χ0) is 36.7. The molecule has 0 radical (unpaired) electrons. The Kier molecular flexibility index (Phi) is 11.6. The zero-order valence-electron chi connectivity index (χ0n) is 28.8. The normalized spacial score (nSPS) is 21.2. The number of likely N-dealkylation sites (N-methyl/N-ethyl adjacent to an activating group) is 1. The van der Waals surface area contributed by atoms with Crippen LogP contribution in [-0.4, -0.2) is 97.9 Å². The maximum absolute atomic E-state index is 14.2. The van der Waals surface area contributed by atoms with Gasteiger partial charge in [-0.25, -0.2) is 4.57 Å². The third kappa shape index (κ3) is 8.87. The fourth-order valence-corrected chi connectivity index (χ4v) is 6.50. The first kappa shape index (κ1) is 36.5. The molecule has 3 aromatic heterocycles. The Labute approximate surface area is 293 Å². The van der Waals surface area contributed by atoms with Crippen LogP contribution in [0.15, 0.2) is 61.2 Å². The van der Waals surface area contributed by atoms with E-state index in [0.717, 1.165) is 16.6 Å². The van der Waals surface area contributed by atoms with Crippen LogP contribution in [0.25, 0.3) is 16.6 Å². The molecule has 1 aliphatic heterocycles. The highest BCUT2D eigenvalue weighted by atomic mass is 16.4. The van der Waals surface area contributed by atoms with Crippen LogP contribution in [0.1, 0.15) is 45.1 Å². The van der Waals surface area contributed by atoms with Gasteiger partial charge in [0.25, 0.3) is 0 Å². The number of hydrogen-bond donors (Lipinski definition) is 6. The number of aliphatic carboxylic acids is 1. The van der Waals surface area contributed by atoms with E-state index < -0.39 is 78.6 Å². The van der Waals surface area contributed by atoms with Crippen LogP contribution in [0.2, 0.25) is 0 Å². The Morgan fingerprint density at radius 3 is 2.49 bits per heavy atom. The molecule has 4 heterocycles. The van der Waals surface area contributed by atoms with Crippen molar-refractivity contribution in [1.82, 2.24) is 40.8 Å². The van der Waals surface area contributed by atoms with Crippen LogP contribution in [0.5, 0.6) is 0 Å². The van der Waals surface area contributed by atoms with Crippen LogP contribution in [-0.2, 0) is 41.7 Å². The third-order valence-electron chi connectivity index (χ3n) is 9.05. The van der Waals surface area contributed by atoms with E-state index in [0.29, 0.717) is 24.9 Å². The lowest BCUT2D eigenvalue weighted by Gasteiger charge is -2.34. The highest BCUT2D eigenvalue weighted by Crippen LogP contribution is 2.21. The molecule has 16 heteroatoms. The fraction of sp³-hybridized carbons (Fsp3) is 0.429. The van der Waals surface area contributed by atoms with E-state index in [1.807, 2.05) is 53.4 Å². The number of unbranched alkanes of at least 4 members (excludes halogenated alkanes) is 1. The number of aromatic nitrogens is 4. The minimum Gasteiger partial charge on any atom is -0.481 e. The lowest BCUT2D eigenvalue weighted by atomic mass is 9.98. The van der Waals surface area contributed by atoms with Crippen molar-refractivity contribution >= 4 is 52.1 Å². The summed E-state index contributed by atoms with van der Waals surface area (Å²) in [5.74, 6) is -5.28. The molecule has 1 fully saturated rings. The number of hydrogen-bond acceptors (Lipinski definition) is 7. The van der Waals surface area contributed by atoms with Gasteiger partial charge in [-0.3, -0.25) is 28.8 Å². The number of carbonyl (C=O) groups is 6. The van der Waals surface area contributed by atoms with Gasteiger partial charge in [-0.15, -0.1) is 4.52 Å². The van der Waals surface area contributed by atoms with E-state index in [-0.39, 0.29) is 12.8 Å². The van der Waals surface area contributed by atoms with Crippen LogP contribution in [0, 0.1) is 5.92 Å². The summed E-state index contributed by atoms with van der Waals surface area (Å²) < 4.78 is 3.77. The molecule has 4 atom stereocenters. The van der Waals surface area contributed by atoms with E-state index in [1.165, 1.54) is 11.9 Å². The number of para-hydroxylation sites is 1. The Balaban J connectivity index is 1.40. The molecular formula is C35H44N9O7+. The molecule has 6 N–H and O–H groups in total. The number of carboxylic acid groups (broad SMARTS) is 1. The Morgan fingerprint density at radius 1 is 0.961 bits per heavy atom. The number of benzene rings is 1. The van der Waals surface area contributed by atoms with Gasteiger partial charge in [0.05, 0.1) is 25.7 Å². The van der Waals surface area contributed by atoms with Crippen LogP contribution in [0.4, 0.5) is 0 Å². The van der Waals surface area contributed by atoms with E-state index in [4.69, 9.17) is 0 Å². The minimum atomic E-state index is -1.55. The second kappa shape index (κ2) is 16.3. The monoisotopic (exact) mass is 702 g/mol. The van der Waals surface area contributed by atoms with E-state index in [2.05, 4.69) is 31.3 Å². The molecule has 5 rings (SSSR count). The summed E-state index contributed by atoms with van der Waals surface area (Å²) in [6.07, 6.45) is 7.82. The minimum absolute atomic E-state index is 0.00696. The number of carboxylic acids is 1. The van der Waals surface area contributed by atoms with E-state index in [9.17, 15) is 33.9 Å².